The normalized spacial score (nSPS) is 16.8. The Morgan fingerprint density at radius 3 is 2.42 bits per heavy atom. The van der Waals surface area contributed by atoms with Gasteiger partial charge in [0.05, 0.1) is 4.90 Å². The molecule has 0 saturated heterocycles. The van der Waals surface area contributed by atoms with Gasteiger partial charge in [0.15, 0.2) is 0 Å². The molecule has 1 aliphatic heterocycles. The van der Waals surface area contributed by atoms with Crippen molar-refractivity contribution in [3.63, 3.8) is 0 Å². The highest BCUT2D eigenvalue weighted by Gasteiger charge is 2.32. The lowest BCUT2D eigenvalue weighted by atomic mass is 10.0. The molecule has 0 saturated carbocycles. The molecule has 2 amide bonds. The fourth-order valence-electron chi connectivity index (χ4n) is 3.88. The molecule has 31 heavy (non-hydrogen) atoms. The van der Waals surface area contributed by atoms with Crippen molar-refractivity contribution in [2.75, 3.05) is 4.90 Å². The zero-order valence-electron chi connectivity index (χ0n) is 18.3. The third-order valence-electron chi connectivity index (χ3n) is 5.46. The Kier molecular flexibility index (Phi) is 6.81. The maximum absolute atomic E-state index is 13.1. The number of hydrogen-bond acceptors (Lipinski definition) is 4. The van der Waals surface area contributed by atoms with Gasteiger partial charge in [0.1, 0.15) is 6.04 Å². The monoisotopic (exact) mass is 443 g/mol. The molecule has 3 rings (SSSR count). The number of benzene rings is 2. The van der Waals surface area contributed by atoms with Gasteiger partial charge in [0, 0.05) is 25.2 Å². The Morgan fingerprint density at radius 2 is 1.81 bits per heavy atom. The maximum atomic E-state index is 13.1. The van der Waals surface area contributed by atoms with E-state index in [2.05, 4.69) is 10.0 Å². The Balaban J connectivity index is 1.77. The third kappa shape index (κ3) is 5.14. The van der Waals surface area contributed by atoms with Crippen LogP contribution in [0.3, 0.4) is 0 Å². The summed E-state index contributed by atoms with van der Waals surface area (Å²) in [5.74, 6) is -0.692. The molecule has 1 aliphatic rings. The minimum absolute atomic E-state index is 0.0226. The summed E-state index contributed by atoms with van der Waals surface area (Å²) in [6.07, 6.45) is 0.587. The van der Waals surface area contributed by atoms with Gasteiger partial charge in [-0.2, -0.15) is 4.72 Å². The van der Waals surface area contributed by atoms with E-state index in [4.69, 9.17) is 0 Å². The molecule has 2 atom stereocenters. The zero-order valence-corrected chi connectivity index (χ0v) is 19.1. The van der Waals surface area contributed by atoms with Crippen LogP contribution in [-0.2, 0) is 32.6 Å². The molecular formula is C23H29N3O4S. The average Bonchev–Trinajstić information content (AvgIpc) is 3.06. The molecule has 0 bridgehead atoms. The van der Waals surface area contributed by atoms with Crippen molar-refractivity contribution in [1.82, 2.24) is 10.0 Å². The standard InChI is InChI=1S/C23H29N3O4S/c1-15(2)22(23(28)24-14-18-8-6-5-7-9-18)25-31(29,30)20-10-11-21-19(13-20)12-16(3)26(21)17(4)27/h5-11,13,15-16,22,25H,12,14H2,1-4H3,(H,24,28)/t16-,22+/m1/s1. The van der Waals surface area contributed by atoms with Gasteiger partial charge in [-0.15, -0.1) is 0 Å². The first-order chi connectivity index (χ1) is 14.6. The van der Waals surface area contributed by atoms with Crippen molar-refractivity contribution in [3.05, 3.63) is 59.7 Å². The van der Waals surface area contributed by atoms with Crippen LogP contribution >= 0.6 is 0 Å². The number of anilines is 1. The largest absolute Gasteiger partial charge is 0.351 e. The molecule has 0 fully saturated rings. The van der Waals surface area contributed by atoms with Crippen LogP contribution < -0.4 is 14.9 Å². The predicted molar refractivity (Wildman–Crippen MR) is 120 cm³/mol. The van der Waals surface area contributed by atoms with E-state index in [1.54, 1.807) is 30.9 Å². The Hall–Kier alpha value is -2.71. The maximum Gasteiger partial charge on any atom is 0.241 e. The van der Waals surface area contributed by atoms with Crippen molar-refractivity contribution in [2.24, 2.45) is 5.92 Å². The molecule has 1 heterocycles. The first-order valence-electron chi connectivity index (χ1n) is 10.4. The lowest BCUT2D eigenvalue weighted by Gasteiger charge is -2.22. The van der Waals surface area contributed by atoms with Gasteiger partial charge in [-0.05, 0) is 48.6 Å². The second-order valence-corrected chi connectivity index (χ2v) is 9.99. The molecule has 166 valence electrons. The molecule has 0 aromatic heterocycles. The van der Waals surface area contributed by atoms with Crippen LogP contribution in [0.2, 0.25) is 0 Å². The lowest BCUT2D eigenvalue weighted by Crippen LogP contribution is -2.49. The SMILES string of the molecule is CC(=O)N1c2ccc(S(=O)(=O)N[C@H](C(=O)NCc3ccccc3)C(C)C)cc2C[C@H]1C. The van der Waals surface area contributed by atoms with Crippen LogP contribution in [0.1, 0.15) is 38.8 Å². The highest BCUT2D eigenvalue weighted by atomic mass is 32.2. The van der Waals surface area contributed by atoms with Crippen LogP contribution in [0.4, 0.5) is 5.69 Å². The van der Waals surface area contributed by atoms with Crippen molar-refractivity contribution < 1.29 is 18.0 Å². The molecular weight excluding hydrogens is 414 g/mol. The number of rotatable bonds is 7. The van der Waals surface area contributed by atoms with Crippen LogP contribution in [-0.4, -0.2) is 32.3 Å². The number of amides is 2. The smallest absolute Gasteiger partial charge is 0.241 e. The van der Waals surface area contributed by atoms with Crippen molar-refractivity contribution in [3.8, 4) is 0 Å². The second-order valence-electron chi connectivity index (χ2n) is 8.28. The first kappa shape index (κ1) is 23.0. The predicted octanol–water partition coefficient (Wildman–Crippen LogP) is 2.60. The second kappa shape index (κ2) is 9.20. The summed E-state index contributed by atoms with van der Waals surface area (Å²) in [4.78, 5) is 26.4. The number of hydrogen-bond donors (Lipinski definition) is 2. The quantitative estimate of drug-likeness (QED) is 0.688. The Bertz CT molecular complexity index is 1070. The summed E-state index contributed by atoms with van der Waals surface area (Å²) in [7, 11) is -3.92. The molecule has 0 aliphatic carbocycles. The number of sulfonamides is 1. The van der Waals surface area contributed by atoms with Gasteiger partial charge in [-0.25, -0.2) is 8.42 Å². The average molecular weight is 444 g/mol. The number of fused-ring (bicyclic) bond motifs is 1. The molecule has 0 radical (unpaired) electrons. The Morgan fingerprint density at radius 1 is 1.13 bits per heavy atom. The first-order valence-corrected chi connectivity index (χ1v) is 11.8. The summed E-state index contributed by atoms with van der Waals surface area (Å²) < 4.78 is 28.7. The molecule has 2 aromatic rings. The van der Waals surface area contributed by atoms with E-state index >= 15 is 0 Å². The molecule has 2 aromatic carbocycles. The summed E-state index contributed by atoms with van der Waals surface area (Å²) in [6.45, 7) is 7.34. The van der Waals surface area contributed by atoms with Crippen LogP contribution in [0.25, 0.3) is 0 Å². The van der Waals surface area contributed by atoms with Crippen molar-refractivity contribution >= 4 is 27.5 Å². The lowest BCUT2D eigenvalue weighted by molar-refractivity contribution is -0.123. The number of carbonyl (C=O) groups is 2. The van der Waals surface area contributed by atoms with Crippen molar-refractivity contribution in [1.29, 1.82) is 0 Å². The van der Waals surface area contributed by atoms with Crippen LogP contribution in [0.15, 0.2) is 53.4 Å². The fourth-order valence-corrected chi connectivity index (χ4v) is 5.27. The van der Waals surface area contributed by atoms with E-state index in [1.807, 2.05) is 37.3 Å². The number of carbonyl (C=O) groups excluding carboxylic acids is 2. The molecule has 7 nitrogen and oxygen atoms in total. The van der Waals surface area contributed by atoms with Gasteiger partial charge in [-0.1, -0.05) is 44.2 Å². The van der Waals surface area contributed by atoms with Gasteiger partial charge < -0.3 is 10.2 Å². The van der Waals surface area contributed by atoms with Crippen LogP contribution in [0, 0.1) is 5.92 Å². The van der Waals surface area contributed by atoms with E-state index in [9.17, 15) is 18.0 Å². The Labute approximate surface area is 183 Å². The van der Waals surface area contributed by atoms with E-state index in [0.717, 1.165) is 16.8 Å². The fraction of sp³-hybridized carbons (Fsp3) is 0.391. The summed E-state index contributed by atoms with van der Waals surface area (Å²) in [6, 6.07) is 13.2. The van der Waals surface area contributed by atoms with Crippen LogP contribution in [0.5, 0.6) is 0 Å². The molecule has 0 unspecified atom stereocenters. The highest BCUT2D eigenvalue weighted by molar-refractivity contribution is 7.89. The van der Waals surface area contributed by atoms with Gasteiger partial charge >= 0.3 is 0 Å². The zero-order chi connectivity index (χ0) is 22.8. The highest BCUT2D eigenvalue weighted by Crippen LogP contribution is 2.34. The summed E-state index contributed by atoms with van der Waals surface area (Å²) >= 11 is 0. The van der Waals surface area contributed by atoms with E-state index < -0.39 is 16.1 Å². The van der Waals surface area contributed by atoms with E-state index in [-0.39, 0.29) is 28.7 Å². The number of nitrogens with one attached hydrogen (secondary N) is 2. The minimum atomic E-state index is -3.92. The van der Waals surface area contributed by atoms with E-state index in [0.29, 0.717) is 13.0 Å². The third-order valence-corrected chi connectivity index (χ3v) is 6.90. The van der Waals surface area contributed by atoms with Gasteiger partial charge in [0.2, 0.25) is 21.8 Å². The summed E-state index contributed by atoms with van der Waals surface area (Å²) in [5.41, 5.74) is 2.48. The molecule has 8 heteroatoms. The van der Waals surface area contributed by atoms with Crippen molar-refractivity contribution in [2.45, 2.75) is 57.6 Å². The topological polar surface area (TPSA) is 95.6 Å². The molecule has 2 N–H and O–H groups in total. The van der Waals surface area contributed by atoms with Gasteiger partial charge in [-0.3, -0.25) is 9.59 Å². The minimum Gasteiger partial charge on any atom is -0.351 e. The van der Waals surface area contributed by atoms with E-state index in [1.165, 1.54) is 13.0 Å². The number of nitrogens with zero attached hydrogens (tertiary/aromatic N) is 1. The van der Waals surface area contributed by atoms with Gasteiger partial charge in [0.25, 0.3) is 0 Å². The molecule has 0 spiro atoms. The summed E-state index contributed by atoms with van der Waals surface area (Å²) in [5, 5.41) is 2.81.